The number of carbonyl (C=O) groups excluding carboxylic acids is 1. The van der Waals surface area contributed by atoms with Gasteiger partial charge in [0.15, 0.2) is 5.16 Å². The van der Waals surface area contributed by atoms with Gasteiger partial charge in [-0.05, 0) is 38.0 Å². The molecule has 0 aliphatic carbocycles. The number of nitrogens with zero attached hydrogens (tertiary/aromatic N) is 2. The summed E-state index contributed by atoms with van der Waals surface area (Å²) in [7, 11) is 0. The first-order valence-corrected chi connectivity index (χ1v) is 9.26. The number of aromatic nitrogens is 2. The van der Waals surface area contributed by atoms with Crippen LogP contribution in [-0.4, -0.2) is 27.3 Å². The van der Waals surface area contributed by atoms with Crippen molar-refractivity contribution in [2.75, 3.05) is 5.75 Å². The number of nitrogens with one attached hydrogen (secondary N) is 1. The molecule has 0 aliphatic rings. The summed E-state index contributed by atoms with van der Waals surface area (Å²) in [6.07, 6.45) is 0. The SMILES string of the molecule is CC(C)Cn1c(SCC(=O)NC(C)C)nc2ccc(Cl)cc2c1=O. The van der Waals surface area contributed by atoms with Crippen LogP contribution in [0.3, 0.4) is 0 Å². The molecule has 7 heteroatoms. The summed E-state index contributed by atoms with van der Waals surface area (Å²) in [6, 6.07) is 5.17. The first kappa shape index (κ1) is 18.8. The van der Waals surface area contributed by atoms with Crippen molar-refractivity contribution in [3.05, 3.63) is 33.6 Å². The van der Waals surface area contributed by atoms with E-state index in [4.69, 9.17) is 11.6 Å². The molecule has 2 rings (SSSR count). The van der Waals surface area contributed by atoms with Gasteiger partial charge in [-0.15, -0.1) is 0 Å². The summed E-state index contributed by atoms with van der Waals surface area (Å²) < 4.78 is 1.64. The summed E-state index contributed by atoms with van der Waals surface area (Å²) in [5, 5.41) is 4.41. The standard InChI is InChI=1S/C17H22ClN3O2S/c1-10(2)8-21-16(23)13-7-12(18)5-6-14(13)20-17(21)24-9-15(22)19-11(3)4/h5-7,10-11H,8-9H2,1-4H3,(H,19,22). The number of fused-ring (bicyclic) bond motifs is 1. The third-order valence-electron chi connectivity index (χ3n) is 3.21. The molecule has 0 radical (unpaired) electrons. The Morgan fingerprint density at radius 1 is 1.33 bits per heavy atom. The molecule has 1 aromatic carbocycles. The Morgan fingerprint density at radius 3 is 2.67 bits per heavy atom. The highest BCUT2D eigenvalue weighted by atomic mass is 35.5. The van der Waals surface area contributed by atoms with Crippen LogP contribution in [0.5, 0.6) is 0 Å². The monoisotopic (exact) mass is 367 g/mol. The zero-order chi connectivity index (χ0) is 17.9. The Bertz CT molecular complexity index is 802. The van der Waals surface area contributed by atoms with Crippen molar-refractivity contribution in [2.24, 2.45) is 5.92 Å². The van der Waals surface area contributed by atoms with Gasteiger partial charge in [-0.2, -0.15) is 0 Å². The van der Waals surface area contributed by atoms with E-state index < -0.39 is 0 Å². The van der Waals surface area contributed by atoms with Gasteiger partial charge in [0.05, 0.1) is 16.7 Å². The minimum absolute atomic E-state index is 0.0726. The molecule has 0 spiro atoms. The van der Waals surface area contributed by atoms with Crippen LogP contribution in [-0.2, 0) is 11.3 Å². The number of thioether (sulfide) groups is 1. The van der Waals surface area contributed by atoms with Crippen molar-refractivity contribution in [1.29, 1.82) is 0 Å². The molecule has 2 aromatic rings. The van der Waals surface area contributed by atoms with Gasteiger partial charge in [0.1, 0.15) is 0 Å². The van der Waals surface area contributed by atoms with Crippen LogP contribution in [0.1, 0.15) is 27.7 Å². The van der Waals surface area contributed by atoms with Gasteiger partial charge in [-0.3, -0.25) is 14.2 Å². The predicted molar refractivity (Wildman–Crippen MR) is 99.9 cm³/mol. The molecule has 1 amide bonds. The Kier molecular flexibility index (Phi) is 6.29. The third-order valence-corrected chi connectivity index (χ3v) is 4.42. The molecule has 1 N–H and O–H groups in total. The highest BCUT2D eigenvalue weighted by Crippen LogP contribution is 2.21. The van der Waals surface area contributed by atoms with Gasteiger partial charge in [0.2, 0.25) is 5.91 Å². The molecular weight excluding hydrogens is 346 g/mol. The van der Waals surface area contributed by atoms with E-state index in [-0.39, 0.29) is 29.2 Å². The lowest BCUT2D eigenvalue weighted by molar-refractivity contribution is -0.119. The van der Waals surface area contributed by atoms with Crippen molar-refractivity contribution in [1.82, 2.24) is 14.9 Å². The molecular formula is C17H22ClN3O2S. The first-order chi connectivity index (χ1) is 11.3. The van der Waals surface area contributed by atoms with Crippen LogP contribution in [0.2, 0.25) is 5.02 Å². The van der Waals surface area contributed by atoms with Crippen molar-refractivity contribution in [2.45, 2.75) is 45.4 Å². The molecule has 1 heterocycles. The lowest BCUT2D eigenvalue weighted by Gasteiger charge is -2.15. The molecule has 0 saturated carbocycles. The number of benzene rings is 1. The van der Waals surface area contributed by atoms with Gasteiger partial charge >= 0.3 is 0 Å². The molecule has 0 atom stereocenters. The summed E-state index contributed by atoms with van der Waals surface area (Å²) >= 11 is 7.28. The van der Waals surface area contributed by atoms with Crippen LogP contribution >= 0.6 is 23.4 Å². The third kappa shape index (κ3) is 4.74. The maximum atomic E-state index is 12.8. The van der Waals surface area contributed by atoms with E-state index in [1.807, 2.05) is 27.7 Å². The second kappa shape index (κ2) is 8.03. The normalized spacial score (nSPS) is 11.5. The summed E-state index contributed by atoms with van der Waals surface area (Å²) in [5.74, 6) is 0.434. The van der Waals surface area contributed by atoms with Crippen molar-refractivity contribution in [3.63, 3.8) is 0 Å². The van der Waals surface area contributed by atoms with Crippen LogP contribution in [0, 0.1) is 5.92 Å². The Morgan fingerprint density at radius 2 is 2.04 bits per heavy atom. The lowest BCUT2D eigenvalue weighted by Crippen LogP contribution is -2.32. The van der Waals surface area contributed by atoms with Gasteiger partial charge in [0.25, 0.3) is 5.56 Å². The summed E-state index contributed by atoms with van der Waals surface area (Å²) in [5.41, 5.74) is 0.471. The van der Waals surface area contributed by atoms with Crippen molar-refractivity contribution in [3.8, 4) is 0 Å². The highest BCUT2D eigenvalue weighted by molar-refractivity contribution is 7.99. The second-order valence-electron chi connectivity index (χ2n) is 6.38. The summed E-state index contributed by atoms with van der Waals surface area (Å²) in [4.78, 5) is 29.3. The Balaban J connectivity index is 2.41. The average molecular weight is 368 g/mol. The molecule has 0 bridgehead atoms. The number of halogens is 1. The average Bonchev–Trinajstić information content (AvgIpc) is 2.48. The van der Waals surface area contributed by atoms with E-state index >= 15 is 0 Å². The molecule has 1 aromatic heterocycles. The minimum Gasteiger partial charge on any atom is -0.353 e. The molecule has 0 aliphatic heterocycles. The van der Waals surface area contributed by atoms with Crippen LogP contribution < -0.4 is 10.9 Å². The molecule has 5 nitrogen and oxygen atoms in total. The number of rotatable bonds is 6. The van der Waals surface area contributed by atoms with E-state index in [2.05, 4.69) is 10.3 Å². The van der Waals surface area contributed by atoms with Gasteiger partial charge < -0.3 is 5.32 Å². The molecule has 130 valence electrons. The fourth-order valence-corrected chi connectivity index (χ4v) is 3.29. The van der Waals surface area contributed by atoms with Crippen LogP contribution in [0.4, 0.5) is 0 Å². The quantitative estimate of drug-likeness (QED) is 0.628. The van der Waals surface area contributed by atoms with E-state index in [1.54, 1.807) is 22.8 Å². The topological polar surface area (TPSA) is 64.0 Å². The van der Waals surface area contributed by atoms with Gasteiger partial charge in [-0.1, -0.05) is 37.2 Å². The van der Waals surface area contributed by atoms with Crippen molar-refractivity contribution >= 4 is 40.2 Å². The maximum Gasteiger partial charge on any atom is 0.262 e. The molecule has 24 heavy (non-hydrogen) atoms. The zero-order valence-electron chi connectivity index (χ0n) is 14.3. The van der Waals surface area contributed by atoms with E-state index in [0.29, 0.717) is 27.6 Å². The maximum absolute atomic E-state index is 12.8. The molecule has 0 fully saturated rings. The lowest BCUT2D eigenvalue weighted by atomic mass is 10.2. The van der Waals surface area contributed by atoms with E-state index in [0.717, 1.165) is 0 Å². The second-order valence-corrected chi connectivity index (χ2v) is 7.76. The fraction of sp³-hybridized carbons (Fsp3) is 0.471. The smallest absolute Gasteiger partial charge is 0.262 e. The first-order valence-electron chi connectivity index (χ1n) is 7.90. The Hall–Kier alpha value is -1.53. The molecule has 0 saturated heterocycles. The number of carbonyl (C=O) groups is 1. The van der Waals surface area contributed by atoms with E-state index in [9.17, 15) is 9.59 Å². The van der Waals surface area contributed by atoms with Gasteiger partial charge in [-0.25, -0.2) is 4.98 Å². The van der Waals surface area contributed by atoms with Crippen molar-refractivity contribution < 1.29 is 4.79 Å². The number of amides is 1. The largest absolute Gasteiger partial charge is 0.353 e. The van der Waals surface area contributed by atoms with Crippen LogP contribution in [0.25, 0.3) is 10.9 Å². The number of hydrogen-bond acceptors (Lipinski definition) is 4. The predicted octanol–water partition coefficient (Wildman–Crippen LogP) is 3.32. The Labute approximate surface area is 150 Å². The highest BCUT2D eigenvalue weighted by Gasteiger charge is 2.15. The van der Waals surface area contributed by atoms with Gasteiger partial charge in [0, 0.05) is 17.6 Å². The summed E-state index contributed by atoms with van der Waals surface area (Å²) in [6.45, 7) is 8.44. The zero-order valence-corrected chi connectivity index (χ0v) is 15.9. The van der Waals surface area contributed by atoms with E-state index in [1.165, 1.54) is 11.8 Å². The fourth-order valence-electron chi connectivity index (χ4n) is 2.30. The molecule has 0 unspecified atom stereocenters. The number of hydrogen-bond donors (Lipinski definition) is 1. The van der Waals surface area contributed by atoms with Crippen LogP contribution in [0.15, 0.2) is 28.2 Å². The minimum atomic E-state index is -0.122.